The highest BCUT2D eigenvalue weighted by Gasteiger charge is 2.31. The Bertz CT molecular complexity index is 962. The van der Waals surface area contributed by atoms with E-state index < -0.39 is 0 Å². The van der Waals surface area contributed by atoms with E-state index in [0.717, 1.165) is 18.7 Å². The topological polar surface area (TPSA) is 45.7 Å². The van der Waals surface area contributed by atoms with Crippen LogP contribution >= 0.6 is 11.3 Å². The van der Waals surface area contributed by atoms with Crippen LogP contribution in [0.25, 0.3) is 0 Å². The number of ether oxygens (including phenoxy) is 1. The van der Waals surface area contributed by atoms with E-state index in [1.807, 2.05) is 23.1 Å². The zero-order valence-electron chi connectivity index (χ0n) is 16.1. The molecule has 150 valence electrons. The predicted octanol–water partition coefficient (Wildman–Crippen LogP) is 3.99. The minimum absolute atomic E-state index is 0.00284. The van der Waals surface area contributed by atoms with E-state index in [0.29, 0.717) is 23.0 Å². The Labute approximate surface area is 173 Å². The summed E-state index contributed by atoms with van der Waals surface area (Å²) >= 11 is 1.39. The fraction of sp³-hybridized carbons (Fsp3) is 0.273. The molecule has 0 aliphatic carbocycles. The van der Waals surface area contributed by atoms with Gasteiger partial charge in [0.1, 0.15) is 28.9 Å². The van der Waals surface area contributed by atoms with Gasteiger partial charge in [0.2, 0.25) is 0 Å². The molecule has 7 heteroatoms. The van der Waals surface area contributed by atoms with Crippen molar-refractivity contribution in [2.24, 2.45) is 0 Å². The Morgan fingerprint density at radius 1 is 1.17 bits per heavy atom. The van der Waals surface area contributed by atoms with E-state index in [1.54, 1.807) is 17.5 Å². The second-order valence-corrected chi connectivity index (χ2v) is 8.00. The average Bonchev–Trinajstić information content (AvgIpc) is 3.22. The van der Waals surface area contributed by atoms with Gasteiger partial charge in [-0.1, -0.05) is 30.3 Å². The van der Waals surface area contributed by atoms with Gasteiger partial charge >= 0.3 is 0 Å². The lowest BCUT2D eigenvalue weighted by Crippen LogP contribution is -2.49. The van der Waals surface area contributed by atoms with E-state index in [-0.39, 0.29) is 24.4 Å². The normalized spacial score (nSPS) is 17.3. The molecule has 0 spiro atoms. The van der Waals surface area contributed by atoms with Crippen LogP contribution < -0.4 is 4.74 Å². The number of amides is 1. The number of benzene rings is 2. The van der Waals surface area contributed by atoms with Crippen LogP contribution in [0.5, 0.6) is 5.75 Å². The van der Waals surface area contributed by atoms with Gasteiger partial charge < -0.3 is 14.5 Å². The van der Waals surface area contributed by atoms with Crippen LogP contribution in [0.2, 0.25) is 0 Å². The fourth-order valence-electron chi connectivity index (χ4n) is 3.42. The molecule has 1 aliphatic heterocycles. The third-order valence-corrected chi connectivity index (χ3v) is 5.80. The molecule has 1 aromatic heterocycles. The number of carbonyl (C=O) groups is 1. The monoisotopic (exact) mass is 411 g/mol. The number of hydrogen-bond acceptors (Lipinski definition) is 5. The van der Waals surface area contributed by atoms with Crippen molar-refractivity contribution in [3.05, 3.63) is 82.1 Å². The predicted molar refractivity (Wildman–Crippen MR) is 111 cm³/mol. The molecular formula is C22H22FN3O2S. The Morgan fingerprint density at radius 2 is 1.93 bits per heavy atom. The molecule has 29 heavy (non-hydrogen) atoms. The molecule has 0 saturated carbocycles. The first-order chi connectivity index (χ1) is 14.1. The van der Waals surface area contributed by atoms with Crippen molar-refractivity contribution in [1.29, 1.82) is 0 Å². The van der Waals surface area contributed by atoms with Crippen molar-refractivity contribution in [2.75, 3.05) is 26.7 Å². The third kappa shape index (κ3) is 4.63. The van der Waals surface area contributed by atoms with Crippen molar-refractivity contribution < 1.29 is 13.9 Å². The van der Waals surface area contributed by atoms with E-state index in [1.165, 1.54) is 23.5 Å². The lowest BCUT2D eigenvalue weighted by atomic mass is 10.0. The Kier molecular flexibility index (Phi) is 5.87. The maximum absolute atomic E-state index is 13.2. The van der Waals surface area contributed by atoms with Crippen molar-refractivity contribution in [3.8, 4) is 5.75 Å². The molecule has 5 nitrogen and oxygen atoms in total. The van der Waals surface area contributed by atoms with Gasteiger partial charge in [-0.15, -0.1) is 11.3 Å². The van der Waals surface area contributed by atoms with Crippen LogP contribution in [0.4, 0.5) is 4.39 Å². The van der Waals surface area contributed by atoms with E-state index in [2.05, 4.69) is 29.1 Å². The summed E-state index contributed by atoms with van der Waals surface area (Å²) in [5, 5.41) is 2.49. The highest BCUT2D eigenvalue weighted by molar-refractivity contribution is 7.09. The first-order valence-corrected chi connectivity index (χ1v) is 10.4. The van der Waals surface area contributed by atoms with Gasteiger partial charge in [0.25, 0.3) is 5.91 Å². The molecule has 0 N–H and O–H groups in total. The third-order valence-electron chi connectivity index (χ3n) is 4.98. The second kappa shape index (κ2) is 8.71. The molecule has 1 atom stereocenters. The summed E-state index contributed by atoms with van der Waals surface area (Å²) in [5.41, 5.74) is 1.57. The van der Waals surface area contributed by atoms with Crippen molar-refractivity contribution >= 4 is 17.2 Å². The van der Waals surface area contributed by atoms with Crippen molar-refractivity contribution in [3.63, 3.8) is 0 Å². The molecule has 3 aromatic rings. The number of thiazole rings is 1. The van der Waals surface area contributed by atoms with E-state index in [4.69, 9.17) is 4.74 Å². The summed E-state index contributed by atoms with van der Waals surface area (Å²) in [5.74, 6) is 0.202. The van der Waals surface area contributed by atoms with Crippen LogP contribution in [-0.2, 0) is 6.61 Å². The smallest absolute Gasteiger partial charge is 0.273 e. The van der Waals surface area contributed by atoms with Crippen LogP contribution in [0.15, 0.2) is 60.0 Å². The zero-order valence-corrected chi connectivity index (χ0v) is 16.9. The van der Waals surface area contributed by atoms with E-state index >= 15 is 0 Å². The van der Waals surface area contributed by atoms with Gasteiger partial charge in [0.15, 0.2) is 0 Å². The van der Waals surface area contributed by atoms with Crippen LogP contribution in [0.3, 0.4) is 0 Å². The van der Waals surface area contributed by atoms with Gasteiger partial charge in [-0.3, -0.25) is 4.79 Å². The Balaban J connectivity index is 1.46. The number of carbonyl (C=O) groups excluding carboxylic acids is 1. The minimum atomic E-state index is -0.306. The molecule has 2 heterocycles. The quantitative estimate of drug-likeness (QED) is 0.637. The molecule has 0 bridgehead atoms. The first-order valence-electron chi connectivity index (χ1n) is 9.47. The SMILES string of the molecule is CN1CCN(C(=O)c2csc(COc3ccc(F)cc3)n2)[C@@H](c2ccccc2)C1. The number of nitrogens with zero attached hydrogens (tertiary/aromatic N) is 3. The number of rotatable bonds is 5. The highest BCUT2D eigenvalue weighted by Crippen LogP contribution is 2.27. The molecular weight excluding hydrogens is 389 g/mol. The summed E-state index contributed by atoms with van der Waals surface area (Å²) in [6.07, 6.45) is 0. The lowest BCUT2D eigenvalue weighted by molar-refractivity contribution is 0.0492. The van der Waals surface area contributed by atoms with Gasteiger partial charge in [-0.25, -0.2) is 9.37 Å². The summed E-state index contributed by atoms with van der Waals surface area (Å²) in [6, 6.07) is 16.0. The number of hydrogen-bond donors (Lipinski definition) is 0. The van der Waals surface area contributed by atoms with E-state index in [9.17, 15) is 9.18 Å². The minimum Gasteiger partial charge on any atom is -0.486 e. The van der Waals surface area contributed by atoms with Crippen LogP contribution in [0.1, 0.15) is 27.1 Å². The Hall–Kier alpha value is -2.77. The van der Waals surface area contributed by atoms with Gasteiger partial charge in [0.05, 0.1) is 6.04 Å². The fourth-order valence-corrected chi connectivity index (χ4v) is 4.10. The van der Waals surface area contributed by atoms with Gasteiger partial charge in [0, 0.05) is 25.0 Å². The average molecular weight is 412 g/mol. The molecule has 1 saturated heterocycles. The maximum Gasteiger partial charge on any atom is 0.273 e. The number of piperazine rings is 1. The maximum atomic E-state index is 13.2. The zero-order chi connectivity index (χ0) is 20.2. The summed E-state index contributed by atoms with van der Waals surface area (Å²) in [4.78, 5) is 21.8. The molecule has 1 fully saturated rings. The molecule has 0 unspecified atom stereocenters. The van der Waals surface area contributed by atoms with Crippen LogP contribution in [0, 0.1) is 5.82 Å². The summed E-state index contributed by atoms with van der Waals surface area (Å²) in [7, 11) is 2.07. The van der Waals surface area contributed by atoms with Crippen molar-refractivity contribution in [1.82, 2.24) is 14.8 Å². The highest BCUT2D eigenvalue weighted by atomic mass is 32.1. The summed E-state index contributed by atoms with van der Waals surface area (Å²) in [6.45, 7) is 2.53. The first kappa shape index (κ1) is 19.5. The second-order valence-electron chi connectivity index (χ2n) is 7.06. The van der Waals surface area contributed by atoms with Gasteiger partial charge in [-0.05, 0) is 36.9 Å². The molecule has 0 radical (unpaired) electrons. The van der Waals surface area contributed by atoms with Crippen LogP contribution in [-0.4, -0.2) is 47.4 Å². The summed E-state index contributed by atoms with van der Waals surface area (Å²) < 4.78 is 18.6. The number of aromatic nitrogens is 1. The number of halogens is 1. The standard InChI is InChI=1S/C22H22FN3O2S/c1-25-11-12-26(20(13-25)16-5-3-2-4-6-16)22(27)19-15-29-21(24-19)14-28-18-9-7-17(23)8-10-18/h2-10,15,20H,11-14H2,1H3/t20-/m1/s1. The molecule has 2 aromatic carbocycles. The Morgan fingerprint density at radius 3 is 2.69 bits per heavy atom. The largest absolute Gasteiger partial charge is 0.486 e. The number of likely N-dealkylation sites (N-methyl/N-ethyl adjacent to an activating group) is 1. The van der Waals surface area contributed by atoms with Crippen molar-refractivity contribution in [2.45, 2.75) is 12.6 Å². The molecule has 1 aliphatic rings. The lowest BCUT2D eigenvalue weighted by Gasteiger charge is -2.40. The molecule has 1 amide bonds. The van der Waals surface area contributed by atoms with Gasteiger partial charge in [-0.2, -0.15) is 0 Å². The molecule has 4 rings (SSSR count).